The van der Waals surface area contributed by atoms with Crippen LogP contribution in [0.15, 0.2) is 30.5 Å². The van der Waals surface area contributed by atoms with E-state index in [1.165, 1.54) is 0 Å². The van der Waals surface area contributed by atoms with Crippen molar-refractivity contribution in [3.63, 3.8) is 0 Å². The summed E-state index contributed by atoms with van der Waals surface area (Å²) in [5.41, 5.74) is 2.71. The summed E-state index contributed by atoms with van der Waals surface area (Å²) in [6.45, 7) is 8.01. The van der Waals surface area contributed by atoms with Crippen molar-refractivity contribution >= 4 is 5.91 Å². The number of amides is 1. The molecule has 0 aromatic carbocycles. The van der Waals surface area contributed by atoms with Gasteiger partial charge in [0.05, 0.1) is 18.3 Å². The number of rotatable bonds is 3. The number of nitrogens with zero attached hydrogens (tertiary/aromatic N) is 3. The van der Waals surface area contributed by atoms with Crippen LogP contribution in [0, 0.1) is 13.8 Å². The largest absolute Gasteiger partial charge is 0.375 e. The van der Waals surface area contributed by atoms with Crippen molar-refractivity contribution in [1.29, 1.82) is 0 Å². The predicted molar refractivity (Wildman–Crippen MR) is 89.0 cm³/mol. The third-order valence-electron chi connectivity index (χ3n) is 4.42. The minimum Gasteiger partial charge on any atom is -0.375 e. The highest BCUT2D eigenvalue weighted by Gasteiger charge is 2.26. The molecule has 0 bridgehead atoms. The van der Waals surface area contributed by atoms with Crippen LogP contribution in [-0.4, -0.2) is 46.2 Å². The highest BCUT2D eigenvalue weighted by molar-refractivity contribution is 5.96. The first-order valence-corrected chi connectivity index (χ1v) is 8.13. The SMILES string of the molecule is CC[C@@H]1CN(C(=O)c2cc(C)n(-c3ccccn3)c2C)CCO1. The van der Waals surface area contributed by atoms with Crippen LogP contribution in [0.25, 0.3) is 5.82 Å². The van der Waals surface area contributed by atoms with E-state index in [0.29, 0.717) is 19.7 Å². The van der Waals surface area contributed by atoms with Crippen LogP contribution in [0.2, 0.25) is 0 Å². The van der Waals surface area contributed by atoms with Gasteiger partial charge in [0.25, 0.3) is 5.91 Å². The quantitative estimate of drug-likeness (QED) is 0.875. The zero-order valence-corrected chi connectivity index (χ0v) is 14.0. The molecule has 23 heavy (non-hydrogen) atoms. The normalized spacial score (nSPS) is 18.2. The summed E-state index contributed by atoms with van der Waals surface area (Å²) in [5, 5.41) is 0. The summed E-state index contributed by atoms with van der Waals surface area (Å²) in [6, 6.07) is 7.76. The van der Waals surface area contributed by atoms with E-state index in [4.69, 9.17) is 4.74 Å². The lowest BCUT2D eigenvalue weighted by Gasteiger charge is -2.32. The first-order chi connectivity index (χ1) is 11.1. The van der Waals surface area contributed by atoms with Gasteiger partial charge < -0.3 is 14.2 Å². The van der Waals surface area contributed by atoms with Crippen LogP contribution in [0.5, 0.6) is 0 Å². The number of pyridine rings is 1. The standard InChI is InChI=1S/C18H23N3O2/c1-4-15-12-20(9-10-23-15)18(22)16-11-13(2)21(14(16)3)17-7-5-6-8-19-17/h5-8,11,15H,4,9-10,12H2,1-3H3/t15-/m1/s1. The molecule has 0 aliphatic carbocycles. The Morgan fingerprint density at radius 1 is 1.39 bits per heavy atom. The Morgan fingerprint density at radius 2 is 2.22 bits per heavy atom. The molecule has 3 rings (SSSR count). The molecule has 1 aliphatic heterocycles. The van der Waals surface area contributed by atoms with Crippen LogP contribution in [0.3, 0.4) is 0 Å². The van der Waals surface area contributed by atoms with E-state index in [2.05, 4.69) is 11.9 Å². The fraction of sp³-hybridized carbons (Fsp3) is 0.444. The molecule has 1 aliphatic rings. The maximum atomic E-state index is 12.9. The lowest BCUT2D eigenvalue weighted by atomic mass is 10.1. The smallest absolute Gasteiger partial charge is 0.255 e. The van der Waals surface area contributed by atoms with E-state index in [9.17, 15) is 4.79 Å². The number of morpholine rings is 1. The maximum absolute atomic E-state index is 12.9. The van der Waals surface area contributed by atoms with Gasteiger partial charge in [0, 0.05) is 30.7 Å². The Hall–Kier alpha value is -2.14. The minimum atomic E-state index is 0.0852. The molecule has 1 saturated heterocycles. The highest BCUT2D eigenvalue weighted by atomic mass is 16.5. The van der Waals surface area contributed by atoms with Crippen molar-refractivity contribution in [3.8, 4) is 5.82 Å². The monoisotopic (exact) mass is 313 g/mol. The Kier molecular flexibility index (Phi) is 4.48. The molecule has 1 amide bonds. The van der Waals surface area contributed by atoms with Crippen LogP contribution in [0.1, 0.15) is 35.1 Å². The van der Waals surface area contributed by atoms with Gasteiger partial charge in [-0.3, -0.25) is 4.79 Å². The molecule has 0 saturated carbocycles. The van der Waals surface area contributed by atoms with Gasteiger partial charge in [0.15, 0.2) is 0 Å². The third kappa shape index (κ3) is 3.01. The molecule has 3 heterocycles. The molecule has 0 spiro atoms. The molecule has 0 radical (unpaired) electrons. The number of carbonyl (C=O) groups excluding carboxylic acids is 1. The number of aromatic nitrogens is 2. The van der Waals surface area contributed by atoms with Gasteiger partial charge in [-0.2, -0.15) is 0 Å². The highest BCUT2D eigenvalue weighted by Crippen LogP contribution is 2.22. The van der Waals surface area contributed by atoms with Crippen LogP contribution in [-0.2, 0) is 4.74 Å². The zero-order valence-electron chi connectivity index (χ0n) is 14.0. The van der Waals surface area contributed by atoms with E-state index in [1.807, 2.05) is 47.6 Å². The van der Waals surface area contributed by atoms with Crippen molar-refractivity contribution in [1.82, 2.24) is 14.5 Å². The fourth-order valence-corrected chi connectivity index (χ4v) is 3.14. The molecule has 1 atom stereocenters. The molecule has 2 aromatic rings. The van der Waals surface area contributed by atoms with Gasteiger partial charge in [-0.25, -0.2) is 4.98 Å². The number of ether oxygens (including phenoxy) is 1. The Bertz CT molecular complexity index is 694. The zero-order chi connectivity index (χ0) is 16.4. The Morgan fingerprint density at radius 3 is 2.91 bits per heavy atom. The summed E-state index contributed by atoms with van der Waals surface area (Å²) in [4.78, 5) is 19.2. The third-order valence-corrected chi connectivity index (χ3v) is 4.42. The van der Waals surface area contributed by atoms with E-state index in [-0.39, 0.29) is 12.0 Å². The average molecular weight is 313 g/mol. The molecular formula is C18H23N3O2. The van der Waals surface area contributed by atoms with E-state index in [0.717, 1.165) is 29.2 Å². The summed E-state index contributed by atoms with van der Waals surface area (Å²) >= 11 is 0. The minimum absolute atomic E-state index is 0.0852. The molecule has 2 aromatic heterocycles. The molecule has 1 fully saturated rings. The van der Waals surface area contributed by atoms with Gasteiger partial charge in [-0.15, -0.1) is 0 Å². The summed E-state index contributed by atoms with van der Waals surface area (Å²) < 4.78 is 7.70. The second-order valence-electron chi connectivity index (χ2n) is 5.96. The topological polar surface area (TPSA) is 47.4 Å². The molecule has 122 valence electrons. The lowest BCUT2D eigenvalue weighted by molar-refractivity contribution is -0.0226. The second-order valence-corrected chi connectivity index (χ2v) is 5.96. The molecule has 5 nitrogen and oxygen atoms in total. The molecule has 5 heteroatoms. The van der Waals surface area contributed by atoms with Crippen molar-refractivity contribution < 1.29 is 9.53 Å². The van der Waals surface area contributed by atoms with Gasteiger partial charge in [0.2, 0.25) is 0 Å². The van der Waals surface area contributed by atoms with Crippen molar-refractivity contribution in [3.05, 3.63) is 47.4 Å². The first kappa shape index (κ1) is 15.7. The van der Waals surface area contributed by atoms with Crippen LogP contribution >= 0.6 is 0 Å². The van der Waals surface area contributed by atoms with Crippen molar-refractivity contribution in [2.24, 2.45) is 0 Å². The summed E-state index contributed by atoms with van der Waals surface area (Å²) in [6.07, 6.45) is 2.84. The number of aryl methyl sites for hydroxylation is 1. The van der Waals surface area contributed by atoms with Crippen LogP contribution in [0.4, 0.5) is 0 Å². The lowest BCUT2D eigenvalue weighted by Crippen LogP contribution is -2.45. The van der Waals surface area contributed by atoms with Gasteiger partial charge >= 0.3 is 0 Å². The summed E-state index contributed by atoms with van der Waals surface area (Å²) in [7, 11) is 0. The summed E-state index contributed by atoms with van der Waals surface area (Å²) in [5.74, 6) is 0.928. The Balaban J connectivity index is 1.90. The van der Waals surface area contributed by atoms with E-state index in [1.54, 1.807) is 6.20 Å². The molecule has 0 unspecified atom stereocenters. The molecule has 0 N–H and O–H groups in total. The number of hydrogen-bond acceptors (Lipinski definition) is 3. The Labute approximate surface area is 136 Å². The van der Waals surface area contributed by atoms with E-state index >= 15 is 0 Å². The first-order valence-electron chi connectivity index (χ1n) is 8.13. The van der Waals surface area contributed by atoms with Crippen molar-refractivity contribution in [2.75, 3.05) is 19.7 Å². The average Bonchev–Trinajstić information content (AvgIpc) is 2.89. The van der Waals surface area contributed by atoms with E-state index < -0.39 is 0 Å². The number of carbonyl (C=O) groups is 1. The van der Waals surface area contributed by atoms with Gasteiger partial charge in [0.1, 0.15) is 5.82 Å². The number of hydrogen-bond donors (Lipinski definition) is 0. The van der Waals surface area contributed by atoms with Gasteiger partial charge in [-0.05, 0) is 38.5 Å². The van der Waals surface area contributed by atoms with Crippen molar-refractivity contribution in [2.45, 2.75) is 33.3 Å². The second kappa shape index (κ2) is 6.54. The maximum Gasteiger partial charge on any atom is 0.255 e. The fourth-order valence-electron chi connectivity index (χ4n) is 3.14. The van der Waals surface area contributed by atoms with Crippen LogP contribution < -0.4 is 0 Å². The molecular weight excluding hydrogens is 290 g/mol. The van der Waals surface area contributed by atoms with Gasteiger partial charge in [-0.1, -0.05) is 13.0 Å². The predicted octanol–water partition coefficient (Wildman–Crippen LogP) is 2.74.